The first-order valence-electron chi connectivity index (χ1n) is 11.8. The molecule has 7 nitrogen and oxygen atoms in total. The summed E-state index contributed by atoms with van der Waals surface area (Å²) in [5, 5.41) is 7.64. The number of carbonyl (C=O) groups is 2. The van der Waals surface area contributed by atoms with Crippen molar-refractivity contribution >= 4 is 23.6 Å². The predicted molar refractivity (Wildman–Crippen MR) is 140 cm³/mol. The molecular weight excluding hydrogens is 452 g/mol. The van der Waals surface area contributed by atoms with Crippen molar-refractivity contribution < 1.29 is 14.3 Å². The molecule has 0 spiro atoms. The molecule has 0 saturated carbocycles. The van der Waals surface area contributed by atoms with Gasteiger partial charge in [0.05, 0.1) is 35.8 Å². The number of hydrogen-bond acceptors (Lipinski definition) is 4. The van der Waals surface area contributed by atoms with E-state index in [0.717, 1.165) is 22.5 Å². The fourth-order valence-corrected chi connectivity index (χ4v) is 4.10. The molecule has 0 bridgehead atoms. The lowest BCUT2D eigenvalue weighted by Crippen LogP contribution is -2.41. The average Bonchev–Trinajstić information content (AvgIpc) is 3.38. The van der Waals surface area contributed by atoms with Crippen LogP contribution in [0.1, 0.15) is 15.9 Å². The van der Waals surface area contributed by atoms with Gasteiger partial charge in [-0.25, -0.2) is 4.68 Å². The summed E-state index contributed by atoms with van der Waals surface area (Å²) in [6.45, 7) is 2.11. The van der Waals surface area contributed by atoms with Gasteiger partial charge >= 0.3 is 0 Å². The van der Waals surface area contributed by atoms with Crippen LogP contribution < -0.4 is 5.32 Å². The topological polar surface area (TPSA) is 76.5 Å². The van der Waals surface area contributed by atoms with Crippen molar-refractivity contribution in [3.05, 3.63) is 108 Å². The number of aromatic nitrogens is 2. The third kappa shape index (κ3) is 5.26. The van der Waals surface area contributed by atoms with E-state index in [9.17, 15) is 9.59 Å². The molecule has 7 heteroatoms. The molecule has 0 aliphatic carbocycles. The standard InChI is InChI=1S/C29H26N4O3/c34-27(30-26-14-8-7-13-25(26)29(35)32-17-19-36-20-18-32)16-15-23-21-33(24-11-5-2-6-12-24)31-28(23)22-9-3-1-4-10-22/h1-16,21H,17-20H2,(H,30,34)/b16-15+. The van der Waals surface area contributed by atoms with Crippen LogP contribution in [-0.4, -0.2) is 52.8 Å². The minimum Gasteiger partial charge on any atom is -0.378 e. The molecule has 1 aromatic heterocycles. The Morgan fingerprint density at radius 1 is 0.861 bits per heavy atom. The Morgan fingerprint density at radius 2 is 1.53 bits per heavy atom. The van der Waals surface area contributed by atoms with Gasteiger partial charge in [-0.3, -0.25) is 9.59 Å². The van der Waals surface area contributed by atoms with Crippen LogP contribution in [-0.2, 0) is 9.53 Å². The molecule has 180 valence electrons. The summed E-state index contributed by atoms with van der Waals surface area (Å²) in [6, 6.07) is 26.7. The fourth-order valence-electron chi connectivity index (χ4n) is 4.10. The summed E-state index contributed by atoms with van der Waals surface area (Å²) in [7, 11) is 0. The number of anilines is 1. The molecule has 4 aromatic rings. The molecule has 36 heavy (non-hydrogen) atoms. The van der Waals surface area contributed by atoms with E-state index in [-0.39, 0.29) is 11.8 Å². The summed E-state index contributed by atoms with van der Waals surface area (Å²) < 4.78 is 7.15. The van der Waals surface area contributed by atoms with Gasteiger partial charge in [0.25, 0.3) is 5.91 Å². The molecule has 0 atom stereocenters. The molecule has 1 aliphatic rings. The zero-order valence-corrected chi connectivity index (χ0v) is 19.7. The van der Waals surface area contributed by atoms with E-state index >= 15 is 0 Å². The van der Waals surface area contributed by atoms with Crippen LogP contribution in [0.4, 0.5) is 5.69 Å². The normalized spacial score (nSPS) is 13.6. The molecule has 0 radical (unpaired) electrons. The molecule has 3 aromatic carbocycles. The molecule has 1 aliphatic heterocycles. The highest BCUT2D eigenvalue weighted by molar-refractivity contribution is 6.07. The van der Waals surface area contributed by atoms with E-state index in [1.54, 1.807) is 39.9 Å². The van der Waals surface area contributed by atoms with E-state index in [1.807, 2.05) is 66.9 Å². The van der Waals surface area contributed by atoms with Gasteiger partial charge in [0.2, 0.25) is 5.91 Å². The van der Waals surface area contributed by atoms with Crippen LogP contribution in [0.3, 0.4) is 0 Å². The molecule has 5 rings (SSSR count). The van der Waals surface area contributed by atoms with E-state index < -0.39 is 0 Å². The second-order valence-electron chi connectivity index (χ2n) is 8.35. The van der Waals surface area contributed by atoms with E-state index in [2.05, 4.69) is 5.32 Å². The smallest absolute Gasteiger partial charge is 0.256 e. The molecule has 0 unspecified atom stereocenters. The monoisotopic (exact) mass is 478 g/mol. The van der Waals surface area contributed by atoms with Gasteiger partial charge in [-0.15, -0.1) is 0 Å². The Morgan fingerprint density at radius 3 is 2.28 bits per heavy atom. The Kier molecular flexibility index (Phi) is 7.00. The van der Waals surface area contributed by atoms with Gasteiger partial charge in [-0.05, 0) is 30.3 Å². The van der Waals surface area contributed by atoms with Crippen LogP contribution in [0.5, 0.6) is 0 Å². The average molecular weight is 479 g/mol. The van der Waals surface area contributed by atoms with Crippen LogP contribution in [0, 0.1) is 0 Å². The number of nitrogens with zero attached hydrogens (tertiary/aromatic N) is 3. The molecular formula is C29H26N4O3. The molecule has 2 heterocycles. The first-order chi connectivity index (χ1) is 17.7. The van der Waals surface area contributed by atoms with Crippen molar-refractivity contribution in [2.24, 2.45) is 0 Å². The first kappa shape index (κ1) is 23.3. The zero-order chi connectivity index (χ0) is 24.7. The minimum absolute atomic E-state index is 0.117. The summed E-state index contributed by atoms with van der Waals surface area (Å²) in [5.74, 6) is -0.447. The lowest BCUT2D eigenvalue weighted by molar-refractivity contribution is -0.111. The van der Waals surface area contributed by atoms with Crippen molar-refractivity contribution in [3.8, 4) is 16.9 Å². The SMILES string of the molecule is O=C(/C=C/c1cn(-c2ccccc2)nc1-c1ccccc1)Nc1ccccc1C(=O)N1CCOCC1. The maximum absolute atomic E-state index is 13.0. The van der Waals surface area contributed by atoms with E-state index in [4.69, 9.17) is 9.84 Å². The largest absolute Gasteiger partial charge is 0.378 e. The first-order valence-corrected chi connectivity index (χ1v) is 11.8. The van der Waals surface area contributed by atoms with Crippen LogP contribution in [0.2, 0.25) is 0 Å². The Hall–Kier alpha value is -4.49. The van der Waals surface area contributed by atoms with Crippen molar-refractivity contribution in [1.82, 2.24) is 14.7 Å². The Balaban J connectivity index is 1.39. The van der Waals surface area contributed by atoms with Gasteiger partial charge in [-0.2, -0.15) is 5.10 Å². The van der Waals surface area contributed by atoms with Crippen LogP contribution in [0.15, 0.2) is 97.2 Å². The Bertz CT molecular complexity index is 1370. The van der Waals surface area contributed by atoms with Crippen molar-refractivity contribution in [2.75, 3.05) is 31.6 Å². The second kappa shape index (κ2) is 10.8. The molecule has 1 N–H and O–H groups in total. The van der Waals surface area contributed by atoms with Crippen molar-refractivity contribution in [1.29, 1.82) is 0 Å². The highest BCUT2D eigenvalue weighted by Gasteiger charge is 2.21. The maximum atomic E-state index is 13.0. The number of carbonyl (C=O) groups excluding carboxylic acids is 2. The second-order valence-corrected chi connectivity index (χ2v) is 8.35. The van der Waals surface area contributed by atoms with E-state index in [1.165, 1.54) is 6.08 Å². The summed E-state index contributed by atoms with van der Waals surface area (Å²) in [5.41, 5.74) is 4.39. The number of morpholine rings is 1. The van der Waals surface area contributed by atoms with Gasteiger partial charge in [0.1, 0.15) is 0 Å². The zero-order valence-electron chi connectivity index (χ0n) is 19.7. The molecule has 1 saturated heterocycles. The predicted octanol–water partition coefficient (Wildman–Crippen LogP) is 4.66. The number of benzene rings is 3. The number of para-hydroxylation sites is 2. The molecule has 2 amide bonds. The van der Waals surface area contributed by atoms with Gasteiger partial charge < -0.3 is 15.0 Å². The van der Waals surface area contributed by atoms with Crippen LogP contribution in [0.25, 0.3) is 23.0 Å². The number of rotatable bonds is 6. The third-order valence-corrected chi connectivity index (χ3v) is 5.94. The number of ether oxygens (including phenoxy) is 1. The lowest BCUT2D eigenvalue weighted by atomic mass is 10.1. The lowest BCUT2D eigenvalue weighted by Gasteiger charge is -2.27. The highest BCUT2D eigenvalue weighted by atomic mass is 16.5. The maximum Gasteiger partial charge on any atom is 0.256 e. The quantitative estimate of drug-likeness (QED) is 0.409. The Labute approximate surface area is 209 Å². The summed E-state index contributed by atoms with van der Waals surface area (Å²) >= 11 is 0. The number of nitrogens with one attached hydrogen (secondary N) is 1. The van der Waals surface area contributed by atoms with Crippen LogP contribution >= 0.6 is 0 Å². The van der Waals surface area contributed by atoms with Gasteiger partial charge in [-0.1, -0.05) is 60.7 Å². The molecule has 1 fully saturated rings. The van der Waals surface area contributed by atoms with Gasteiger partial charge in [0.15, 0.2) is 0 Å². The van der Waals surface area contributed by atoms with Crippen molar-refractivity contribution in [3.63, 3.8) is 0 Å². The van der Waals surface area contributed by atoms with E-state index in [0.29, 0.717) is 37.6 Å². The van der Waals surface area contributed by atoms with Gasteiger partial charge in [0, 0.05) is 36.5 Å². The third-order valence-electron chi connectivity index (χ3n) is 5.94. The minimum atomic E-state index is -0.330. The highest BCUT2D eigenvalue weighted by Crippen LogP contribution is 2.25. The summed E-state index contributed by atoms with van der Waals surface area (Å²) in [6.07, 6.45) is 5.11. The van der Waals surface area contributed by atoms with Crippen molar-refractivity contribution in [2.45, 2.75) is 0 Å². The number of amides is 2. The fraction of sp³-hybridized carbons (Fsp3) is 0.138. The number of hydrogen-bond donors (Lipinski definition) is 1. The summed E-state index contributed by atoms with van der Waals surface area (Å²) in [4.78, 5) is 27.6.